The number of carbonyl (C=O) groups is 5. The number of para-hydroxylation sites is 1. The van der Waals surface area contributed by atoms with Crippen LogP contribution in [0.15, 0.2) is 48.0 Å². The number of urea groups is 1. The molecule has 0 radical (unpaired) electrons. The number of amides is 6. The van der Waals surface area contributed by atoms with Gasteiger partial charge in [0.1, 0.15) is 28.6 Å². The third-order valence-electron chi connectivity index (χ3n) is 15.9. The molecule has 5 N–H and O–H groups in total. The van der Waals surface area contributed by atoms with E-state index < -0.39 is 68.6 Å². The zero-order chi connectivity index (χ0) is 43.8. The van der Waals surface area contributed by atoms with Gasteiger partial charge in [0.2, 0.25) is 17.7 Å². The SMILES string of the molecule is C=C[C@@H]1C[C@]1(NC(=O)[C@@H]1C[C@@]2(CN1C(=O)[C@@H](NC(=O)[C@@H](NC(=O)N1CCOCC1)C1CCCCC1)C(C)(C)C)C(C)(C)C21CCC1)C(=O)NS(=O)(=O)c1cccc2cc[nH]c12. The van der Waals surface area contributed by atoms with E-state index in [0.717, 1.165) is 51.4 Å². The normalized spacial score (nSPS) is 29.0. The predicted octanol–water partition coefficient (Wildman–Crippen LogP) is 4.35. The predicted molar refractivity (Wildman–Crippen MR) is 228 cm³/mol. The summed E-state index contributed by atoms with van der Waals surface area (Å²) in [6, 6.07) is 3.25. The Morgan fingerprint density at radius 3 is 2.26 bits per heavy atom. The second kappa shape index (κ2) is 15.4. The second-order valence-corrected chi connectivity index (χ2v) is 21.9. The summed E-state index contributed by atoms with van der Waals surface area (Å²) in [5, 5.41) is 9.74. The summed E-state index contributed by atoms with van der Waals surface area (Å²) in [5.41, 5.74) is -2.64. The summed E-state index contributed by atoms with van der Waals surface area (Å²) in [5.74, 6) is -2.93. The lowest BCUT2D eigenvalue weighted by atomic mass is 9.73. The Labute approximate surface area is 359 Å². The molecule has 332 valence electrons. The van der Waals surface area contributed by atoms with Gasteiger partial charge >= 0.3 is 6.03 Å². The van der Waals surface area contributed by atoms with Crippen LogP contribution < -0.4 is 20.7 Å². The minimum absolute atomic E-state index is 0.0465. The molecule has 3 heterocycles. The van der Waals surface area contributed by atoms with Gasteiger partial charge in [-0.2, -0.15) is 0 Å². The third kappa shape index (κ3) is 7.13. The maximum absolute atomic E-state index is 15.3. The number of aromatic amines is 1. The molecule has 6 amide bonds. The highest BCUT2D eigenvalue weighted by atomic mass is 32.2. The number of hydrogen-bond acceptors (Lipinski definition) is 8. The number of benzene rings is 1. The Hall–Kier alpha value is -4.44. The van der Waals surface area contributed by atoms with Crippen molar-refractivity contribution in [2.75, 3.05) is 32.8 Å². The molecule has 61 heavy (non-hydrogen) atoms. The van der Waals surface area contributed by atoms with Crippen molar-refractivity contribution in [3.8, 4) is 0 Å². The topological polar surface area (TPSA) is 199 Å². The number of nitrogens with one attached hydrogen (secondary N) is 5. The lowest BCUT2D eigenvalue weighted by Gasteiger charge is -2.38. The molecule has 6 fully saturated rings. The zero-order valence-electron chi connectivity index (χ0n) is 36.2. The Morgan fingerprint density at radius 1 is 0.951 bits per heavy atom. The van der Waals surface area contributed by atoms with E-state index in [1.54, 1.807) is 34.2 Å². The Morgan fingerprint density at radius 2 is 1.66 bits per heavy atom. The zero-order valence-corrected chi connectivity index (χ0v) is 37.0. The largest absolute Gasteiger partial charge is 0.378 e. The summed E-state index contributed by atoms with van der Waals surface area (Å²) >= 11 is 0. The highest BCUT2D eigenvalue weighted by Crippen LogP contribution is 2.88. The fourth-order valence-electron chi connectivity index (χ4n) is 11.9. The number of ether oxygens (including phenoxy) is 1. The Bertz CT molecular complexity index is 2220. The fourth-order valence-corrected chi connectivity index (χ4v) is 13.1. The van der Waals surface area contributed by atoms with E-state index in [4.69, 9.17) is 4.74 Å². The molecular weight excluding hydrogens is 799 g/mol. The second-order valence-electron chi connectivity index (χ2n) is 20.2. The van der Waals surface area contributed by atoms with Crippen LogP contribution in [-0.4, -0.2) is 109 Å². The molecule has 2 spiro atoms. The molecule has 1 aromatic carbocycles. The maximum atomic E-state index is 15.3. The summed E-state index contributed by atoms with van der Waals surface area (Å²) in [4.78, 5) is 78.4. The maximum Gasteiger partial charge on any atom is 0.318 e. The van der Waals surface area contributed by atoms with Gasteiger partial charge in [-0.3, -0.25) is 19.2 Å². The number of aromatic nitrogens is 1. The van der Waals surface area contributed by atoms with Crippen LogP contribution in [-0.2, 0) is 33.9 Å². The molecule has 4 aliphatic carbocycles. The van der Waals surface area contributed by atoms with E-state index in [-0.39, 0.29) is 39.5 Å². The summed E-state index contributed by atoms with van der Waals surface area (Å²) < 4.78 is 35.1. The lowest BCUT2D eigenvalue weighted by Crippen LogP contribution is -2.63. The molecule has 6 atom stereocenters. The first kappa shape index (κ1) is 43.2. The molecule has 1 aromatic heterocycles. The summed E-state index contributed by atoms with van der Waals surface area (Å²) in [6.07, 6.45) is 11.2. The van der Waals surface area contributed by atoms with Crippen molar-refractivity contribution < 1.29 is 37.1 Å². The van der Waals surface area contributed by atoms with E-state index in [2.05, 4.69) is 46.1 Å². The number of carbonyl (C=O) groups excluding carboxylic acids is 5. The first-order chi connectivity index (χ1) is 28.8. The van der Waals surface area contributed by atoms with E-state index in [1.165, 1.54) is 12.1 Å². The molecule has 0 unspecified atom stereocenters. The van der Waals surface area contributed by atoms with Crippen LogP contribution in [0.5, 0.6) is 0 Å². The van der Waals surface area contributed by atoms with Crippen LogP contribution in [0.2, 0.25) is 0 Å². The molecule has 6 aliphatic rings. The van der Waals surface area contributed by atoms with Crippen molar-refractivity contribution in [1.82, 2.24) is 35.5 Å². The van der Waals surface area contributed by atoms with Crippen molar-refractivity contribution in [2.45, 2.75) is 127 Å². The minimum atomic E-state index is -4.37. The standard InChI is InChI=1S/C45H63N7O8S/c1-7-30-25-45(30,39(56)50-61(58,59)32-16-11-15-29-17-20-46-33(29)32)49-36(53)31-26-44(42(5,6)43(44)18-12-19-43)27-52(31)38(55)35(41(2,3)4)48-37(54)34(28-13-9-8-10-14-28)47-40(57)51-21-23-60-24-22-51/h7,11,15-17,20,28,30-31,34-35,46H,1,8-10,12-14,18-19,21-27H2,2-6H3,(H,47,57)(H,48,54)(H,49,53)(H,50,56)/t30-,31+,34+,35-,44-,45-/m1/s1. The highest BCUT2D eigenvalue weighted by molar-refractivity contribution is 7.90. The first-order valence-corrected chi connectivity index (χ1v) is 23.6. The molecule has 16 heteroatoms. The molecular formula is C45H63N7O8S. The molecule has 4 saturated carbocycles. The number of fused-ring (bicyclic) bond motifs is 2. The highest BCUT2D eigenvalue weighted by Gasteiger charge is 2.85. The molecule has 8 rings (SSSR count). The molecule has 2 saturated heterocycles. The van der Waals surface area contributed by atoms with Crippen molar-refractivity contribution in [2.24, 2.45) is 33.5 Å². The average molecular weight is 862 g/mol. The van der Waals surface area contributed by atoms with Crippen LogP contribution >= 0.6 is 0 Å². The average Bonchev–Trinajstić information content (AvgIpc) is 3.72. The minimum Gasteiger partial charge on any atom is -0.378 e. The van der Waals surface area contributed by atoms with Crippen LogP contribution in [0, 0.1) is 33.5 Å². The van der Waals surface area contributed by atoms with Gasteiger partial charge in [0.05, 0.1) is 18.7 Å². The smallest absolute Gasteiger partial charge is 0.318 e. The van der Waals surface area contributed by atoms with Gasteiger partial charge in [0.15, 0.2) is 0 Å². The van der Waals surface area contributed by atoms with Crippen LogP contribution in [0.25, 0.3) is 10.9 Å². The quantitative estimate of drug-likeness (QED) is 0.206. The van der Waals surface area contributed by atoms with Crippen LogP contribution in [0.3, 0.4) is 0 Å². The Kier molecular flexibility index (Phi) is 10.9. The molecule has 0 bridgehead atoms. The summed E-state index contributed by atoms with van der Waals surface area (Å²) in [6.45, 7) is 15.9. The van der Waals surface area contributed by atoms with Crippen LogP contribution in [0.4, 0.5) is 4.79 Å². The van der Waals surface area contributed by atoms with Gasteiger partial charge in [-0.15, -0.1) is 6.58 Å². The first-order valence-electron chi connectivity index (χ1n) is 22.1. The fraction of sp³-hybridized carbons (Fsp3) is 0.667. The lowest BCUT2D eigenvalue weighted by molar-refractivity contribution is -0.145. The van der Waals surface area contributed by atoms with E-state index in [0.29, 0.717) is 50.2 Å². The van der Waals surface area contributed by atoms with Gasteiger partial charge in [-0.05, 0) is 72.8 Å². The van der Waals surface area contributed by atoms with E-state index in [1.807, 2.05) is 20.8 Å². The molecule has 15 nitrogen and oxygen atoms in total. The van der Waals surface area contributed by atoms with Crippen molar-refractivity contribution >= 4 is 50.6 Å². The van der Waals surface area contributed by atoms with Crippen molar-refractivity contribution in [3.63, 3.8) is 0 Å². The number of likely N-dealkylation sites (tertiary alicyclic amines) is 1. The number of morpholine rings is 1. The van der Waals surface area contributed by atoms with Gasteiger partial charge in [-0.1, -0.05) is 78.5 Å². The van der Waals surface area contributed by atoms with E-state index in [9.17, 15) is 27.6 Å². The third-order valence-corrected chi connectivity index (χ3v) is 17.3. The van der Waals surface area contributed by atoms with Gasteiger partial charge in [0, 0.05) is 42.6 Å². The monoisotopic (exact) mass is 861 g/mol. The number of H-pyrrole nitrogens is 1. The number of rotatable bonds is 11. The van der Waals surface area contributed by atoms with Crippen LogP contribution in [0.1, 0.15) is 98.8 Å². The molecule has 2 aliphatic heterocycles. The van der Waals surface area contributed by atoms with Gasteiger partial charge in [0.25, 0.3) is 15.9 Å². The number of hydrogen-bond donors (Lipinski definition) is 5. The summed E-state index contributed by atoms with van der Waals surface area (Å²) in [7, 11) is -4.37. The van der Waals surface area contributed by atoms with E-state index >= 15 is 4.79 Å². The number of nitrogens with zero attached hydrogens (tertiary/aromatic N) is 2. The number of sulfonamides is 1. The van der Waals surface area contributed by atoms with Crippen molar-refractivity contribution in [1.29, 1.82) is 0 Å². The van der Waals surface area contributed by atoms with Crippen molar-refractivity contribution in [3.05, 3.63) is 43.1 Å². The molecule has 2 aromatic rings. The van der Waals surface area contributed by atoms with Gasteiger partial charge in [-0.25, -0.2) is 17.9 Å². The Balaban J connectivity index is 1.06. The van der Waals surface area contributed by atoms with Gasteiger partial charge < -0.3 is 35.5 Å².